The van der Waals surface area contributed by atoms with Gasteiger partial charge in [-0.15, -0.1) is 0 Å². The Labute approximate surface area is 197 Å². The van der Waals surface area contributed by atoms with E-state index >= 15 is 0 Å². The highest BCUT2D eigenvalue weighted by Crippen LogP contribution is 2.22. The predicted molar refractivity (Wildman–Crippen MR) is 140 cm³/mol. The van der Waals surface area contributed by atoms with Crippen molar-refractivity contribution < 1.29 is 0 Å². The van der Waals surface area contributed by atoms with Crippen molar-refractivity contribution in [2.45, 2.75) is 162 Å². The number of nitrogens with zero attached hydrogens (tertiary/aromatic N) is 2. The predicted octanol–water partition coefficient (Wildman–Crippen LogP) is 9.65. The molecule has 184 valence electrons. The van der Waals surface area contributed by atoms with Crippen LogP contribution in [-0.2, 0) is 0 Å². The Bertz CT molecular complexity index is 392. The van der Waals surface area contributed by atoms with Crippen LogP contribution in [0.4, 0.5) is 0 Å². The third kappa shape index (κ3) is 14.9. The van der Waals surface area contributed by atoms with E-state index in [1.165, 1.54) is 148 Å². The van der Waals surface area contributed by atoms with E-state index in [0.717, 1.165) is 0 Å². The number of rotatable bonds is 23. The molecule has 0 aromatic heterocycles. The second kappa shape index (κ2) is 21.2. The zero-order valence-corrected chi connectivity index (χ0v) is 21.9. The summed E-state index contributed by atoms with van der Waals surface area (Å²) in [7, 11) is 0. The van der Waals surface area contributed by atoms with Crippen LogP contribution in [0.25, 0.3) is 0 Å². The van der Waals surface area contributed by atoms with Crippen molar-refractivity contribution >= 4 is 0 Å². The monoisotopic (exact) mass is 434 g/mol. The molecular weight excluding hydrogens is 376 g/mol. The molecule has 1 rings (SSSR count). The minimum atomic E-state index is 0.637. The van der Waals surface area contributed by atoms with Crippen LogP contribution in [0.3, 0.4) is 0 Å². The minimum absolute atomic E-state index is 0.637. The fraction of sp³-hybridized carbons (Fsp3) is 0.931. The van der Waals surface area contributed by atoms with Crippen LogP contribution >= 0.6 is 0 Å². The third-order valence-electron chi connectivity index (χ3n) is 7.05. The molecule has 31 heavy (non-hydrogen) atoms. The first kappa shape index (κ1) is 28.4. The minimum Gasteiger partial charge on any atom is -0.356 e. The molecule has 0 N–H and O–H groups in total. The number of hydrogen-bond acceptors (Lipinski definition) is 2. The summed E-state index contributed by atoms with van der Waals surface area (Å²) in [6, 6.07) is 0. The van der Waals surface area contributed by atoms with Gasteiger partial charge in [-0.1, -0.05) is 136 Å². The van der Waals surface area contributed by atoms with Gasteiger partial charge in [-0.3, -0.25) is 0 Å². The van der Waals surface area contributed by atoms with Gasteiger partial charge in [0.15, 0.2) is 0 Å². The topological polar surface area (TPSA) is 6.48 Å². The first-order chi connectivity index (χ1) is 15.3. The summed E-state index contributed by atoms with van der Waals surface area (Å²) in [6.45, 7) is 9.40. The lowest BCUT2D eigenvalue weighted by Crippen LogP contribution is -2.39. The van der Waals surface area contributed by atoms with Crippen LogP contribution < -0.4 is 0 Å². The van der Waals surface area contributed by atoms with E-state index in [2.05, 4.69) is 43.0 Å². The van der Waals surface area contributed by atoms with Crippen molar-refractivity contribution in [2.75, 3.05) is 13.1 Å². The fourth-order valence-electron chi connectivity index (χ4n) is 4.96. The molecule has 1 aliphatic rings. The van der Waals surface area contributed by atoms with Gasteiger partial charge in [0.25, 0.3) is 0 Å². The van der Waals surface area contributed by atoms with E-state index in [-0.39, 0.29) is 0 Å². The highest BCUT2D eigenvalue weighted by Gasteiger charge is 2.24. The molecule has 1 heterocycles. The second-order valence-corrected chi connectivity index (χ2v) is 10.1. The van der Waals surface area contributed by atoms with Gasteiger partial charge in [0.05, 0.1) is 0 Å². The molecule has 0 radical (unpaired) electrons. The molecule has 0 saturated heterocycles. The molecule has 0 spiro atoms. The first-order valence-corrected chi connectivity index (χ1v) is 14.5. The van der Waals surface area contributed by atoms with Gasteiger partial charge in [-0.05, 0) is 19.3 Å². The Morgan fingerprint density at radius 3 is 1.16 bits per heavy atom. The van der Waals surface area contributed by atoms with Crippen molar-refractivity contribution in [1.29, 1.82) is 0 Å². The van der Waals surface area contributed by atoms with Crippen LogP contribution in [0.2, 0.25) is 0 Å². The maximum absolute atomic E-state index is 2.62. The molecule has 2 nitrogen and oxygen atoms in total. The summed E-state index contributed by atoms with van der Waals surface area (Å²) < 4.78 is 0. The van der Waals surface area contributed by atoms with E-state index in [1.54, 1.807) is 0 Å². The van der Waals surface area contributed by atoms with Crippen LogP contribution in [0.1, 0.15) is 156 Å². The highest BCUT2D eigenvalue weighted by atomic mass is 15.4. The van der Waals surface area contributed by atoms with Crippen molar-refractivity contribution in [3.8, 4) is 0 Å². The Morgan fingerprint density at radius 1 is 0.419 bits per heavy atom. The van der Waals surface area contributed by atoms with Crippen molar-refractivity contribution in [3.05, 3.63) is 12.4 Å². The van der Waals surface area contributed by atoms with Crippen molar-refractivity contribution in [3.63, 3.8) is 0 Å². The van der Waals surface area contributed by atoms with Crippen LogP contribution in [-0.4, -0.2) is 29.1 Å². The molecule has 1 aliphatic heterocycles. The van der Waals surface area contributed by atoms with Crippen molar-refractivity contribution in [2.24, 2.45) is 0 Å². The standard InChI is InChI=1S/C29H58N2/c1-4-7-9-10-11-12-13-14-15-16-17-18-19-20-21-22-23-26-31-28-27-30(25-8-5-2)29(31)24-6-3/h27-29H,4-26H2,1-3H3. The summed E-state index contributed by atoms with van der Waals surface area (Å²) >= 11 is 0. The van der Waals surface area contributed by atoms with Gasteiger partial charge in [-0.25, -0.2) is 0 Å². The van der Waals surface area contributed by atoms with Gasteiger partial charge in [0.2, 0.25) is 0 Å². The highest BCUT2D eigenvalue weighted by molar-refractivity contribution is 4.96. The van der Waals surface area contributed by atoms with Crippen LogP contribution in [0.15, 0.2) is 12.4 Å². The Morgan fingerprint density at radius 2 is 0.774 bits per heavy atom. The molecule has 0 aromatic carbocycles. The average molecular weight is 435 g/mol. The van der Waals surface area contributed by atoms with Gasteiger partial charge >= 0.3 is 0 Å². The molecule has 1 atom stereocenters. The van der Waals surface area contributed by atoms with E-state index < -0.39 is 0 Å². The lowest BCUT2D eigenvalue weighted by Gasteiger charge is -2.32. The van der Waals surface area contributed by atoms with Crippen LogP contribution in [0, 0.1) is 0 Å². The largest absolute Gasteiger partial charge is 0.356 e. The lowest BCUT2D eigenvalue weighted by atomic mass is 10.0. The summed E-state index contributed by atoms with van der Waals surface area (Å²) in [5, 5.41) is 0. The number of hydrogen-bond donors (Lipinski definition) is 0. The molecule has 1 unspecified atom stereocenters. The lowest BCUT2D eigenvalue weighted by molar-refractivity contribution is 0.138. The molecule has 0 aromatic rings. The molecule has 0 saturated carbocycles. The summed E-state index contributed by atoms with van der Waals surface area (Å²) in [6.07, 6.45) is 35.2. The zero-order chi connectivity index (χ0) is 22.4. The summed E-state index contributed by atoms with van der Waals surface area (Å²) in [5.41, 5.74) is 0. The quantitative estimate of drug-likeness (QED) is 0.148. The zero-order valence-electron chi connectivity index (χ0n) is 21.9. The third-order valence-corrected chi connectivity index (χ3v) is 7.05. The van der Waals surface area contributed by atoms with E-state index in [0.29, 0.717) is 6.17 Å². The van der Waals surface area contributed by atoms with Gasteiger partial charge in [-0.2, -0.15) is 0 Å². The normalized spacial score (nSPS) is 16.0. The maximum Gasteiger partial charge on any atom is 0.101 e. The van der Waals surface area contributed by atoms with E-state index in [4.69, 9.17) is 0 Å². The molecule has 2 heteroatoms. The molecular formula is C29H58N2. The van der Waals surface area contributed by atoms with Gasteiger partial charge in [0.1, 0.15) is 6.17 Å². The Kier molecular flexibility index (Phi) is 19.4. The van der Waals surface area contributed by atoms with E-state index in [9.17, 15) is 0 Å². The maximum atomic E-state index is 2.62. The van der Waals surface area contributed by atoms with E-state index in [1.807, 2.05) is 0 Å². The first-order valence-electron chi connectivity index (χ1n) is 14.5. The molecule has 0 amide bonds. The summed E-state index contributed by atoms with van der Waals surface area (Å²) in [5.74, 6) is 0. The van der Waals surface area contributed by atoms with Crippen LogP contribution in [0.5, 0.6) is 0 Å². The second-order valence-electron chi connectivity index (χ2n) is 10.1. The average Bonchev–Trinajstić information content (AvgIpc) is 3.16. The Balaban J connectivity index is 1.86. The Hall–Kier alpha value is -0.660. The SMILES string of the molecule is CCCCCCCCCCCCCCCCCCCN1C=CN(CCCC)C1CCC. The smallest absolute Gasteiger partial charge is 0.101 e. The van der Waals surface area contributed by atoms with Gasteiger partial charge in [0, 0.05) is 25.5 Å². The van der Waals surface area contributed by atoms with Gasteiger partial charge < -0.3 is 9.80 Å². The van der Waals surface area contributed by atoms with Crippen molar-refractivity contribution in [1.82, 2.24) is 9.80 Å². The molecule has 0 aliphatic carbocycles. The molecule has 0 bridgehead atoms. The number of unbranched alkanes of at least 4 members (excludes halogenated alkanes) is 17. The fourth-order valence-corrected chi connectivity index (χ4v) is 4.96. The summed E-state index contributed by atoms with van der Waals surface area (Å²) in [4.78, 5) is 5.20. The molecule has 0 fully saturated rings.